The molecule has 0 radical (unpaired) electrons. The number of likely N-dealkylation sites (N-methyl/N-ethyl adjacent to an activating group) is 1. The minimum Gasteiger partial charge on any atom is -0.483 e. The van der Waals surface area contributed by atoms with E-state index in [9.17, 15) is 22.8 Å². The maximum absolute atomic E-state index is 12.4. The Morgan fingerprint density at radius 1 is 1.32 bits per heavy atom. The molecule has 0 bridgehead atoms. The van der Waals surface area contributed by atoms with Gasteiger partial charge in [-0.15, -0.1) is 5.10 Å². The van der Waals surface area contributed by atoms with Crippen molar-refractivity contribution in [1.82, 2.24) is 30.7 Å². The molecule has 0 aromatic carbocycles. The summed E-state index contributed by atoms with van der Waals surface area (Å²) < 4.78 is 37.2. The van der Waals surface area contributed by atoms with Gasteiger partial charge >= 0.3 is 6.18 Å². The second-order valence-electron chi connectivity index (χ2n) is 6.18. The van der Waals surface area contributed by atoms with Crippen molar-refractivity contribution in [1.29, 1.82) is 0 Å². The summed E-state index contributed by atoms with van der Waals surface area (Å²) in [5, 5.41) is 17.4. The number of carboxylic acid groups (broad SMARTS) is 1. The summed E-state index contributed by atoms with van der Waals surface area (Å²) in [6.07, 6.45) is -2.71. The molecule has 0 saturated carbocycles. The third kappa shape index (κ3) is 7.50. The number of nitrogens with one attached hydrogen (secondary N) is 3. The molecule has 2 atom stereocenters. The highest BCUT2D eigenvalue weighted by Gasteiger charge is 2.36. The molecule has 2 heterocycles. The fourth-order valence-electron chi connectivity index (χ4n) is 2.81. The van der Waals surface area contributed by atoms with Crippen molar-refractivity contribution in [2.75, 3.05) is 13.6 Å². The van der Waals surface area contributed by atoms with Gasteiger partial charge in [0.15, 0.2) is 0 Å². The van der Waals surface area contributed by atoms with Crippen molar-refractivity contribution >= 4 is 18.3 Å². The lowest BCUT2D eigenvalue weighted by Gasteiger charge is -2.25. The number of alkyl halides is 3. The van der Waals surface area contributed by atoms with Crippen LogP contribution in [0.15, 0.2) is 0 Å². The first-order valence-electron chi connectivity index (χ1n) is 8.37. The fraction of sp³-hybridized carbons (Fsp3) is 0.667. The Kier molecular flexibility index (Phi) is 8.82. The lowest BCUT2D eigenvalue weighted by molar-refractivity contribution is -0.144. The van der Waals surface area contributed by atoms with Crippen molar-refractivity contribution < 1.29 is 32.7 Å². The lowest BCUT2D eigenvalue weighted by atomic mass is 10.1. The molecule has 158 valence electrons. The van der Waals surface area contributed by atoms with Gasteiger partial charge in [0.25, 0.3) is 12.3 Å². The topological polar surface area (TPSA) is 140 Å². The maximum atomic E-state index is 12.4. The number of carbonyl (C=O) groups is 3. The molecule has 1 aliphatic rings. The Labute approximate surface area is 158 Å². The van der Waals surface area contributed by atoms with E-state index in [0.717, 1.165) is 12.8 Å². The molecule has 0 spiro atoms. The molecular formula is C15H23F3N6O4. The van der Waals surface area contributed by atoms with E-state index in [0.29, 0.717) is 6.54 Å². The molecule has 13 heteroatoms. The summed E-state index contributed by atoms with van der Waals surface area (Å²) >= 11 is 0. The summed E-state index contributed by atoms with van der Waals surface area (Å²) in [4.78, 5) is 36.7. The zero-order valence-corrected chi connectivity index (χ0v) is 15.4. The Morgan fingerprint density at radius 2 is 1.93 bits per heavy atom. The number of hydrogen-bond donors (Lipinski definition) is 4. The summed E-state index contributed by atoms with van der Waals surface area (Å²) in [5.41, 5.74) is 0. The SMILES string of the molecule is CC(=O)NC[C@H]1CC[C@@H](CC(=O)NCc2nc(C(F)(F)F)n[nH]2)N1C.O=CO. The van der Waals surface area contributed by atoms with Gasteiger partial charge < -0.3 is 15.7 Å². The van der Waals surface area contributed by atoms with Gasteiger partial charge in [-0.2, -0.15) is 13.2 Å². The number of amides is 2. The van der Waals surface area contributed by atoms with Crippen LogP contribution in [0.2, 0.25) is 0 Å². The number of nitrogens with zero attached hydrogens (tertiary/aromatic N) is 3. The summed E-state index contributed by atoms with van der Waals surface area (Å²) in [6, 6.07) is 0.199. The van der Waals surface area contributed by atoms with Gasteiger partial charge in [0.2, 0.25) is 11.8 Å². The van der Waals surface area contributed by atoms with Gasteiger partial charge in [0.1, 0.15) is 5.82 Å². The van der Waals surface area contributed by atoms with Gasteiger partial charge in [0, 0.05) is 32.0 Å². The molecule has 10 nitrogen and oxygen atoms in total. The Hall–Kier alpha value is -2.70. The lowest BCUT2D eigenvalue weighted by Crippen LogP contribution is -2.42. The van der Waals surface area contributed by atoms with Crippen molar-refractivity contribution in [2.45, 2.75) is 51.0 Å². The number of rotatable bonds is 6. The predicted octanol–water partition coefficient (Wildman–Crippen LogP) is 0.130. The molecule has 0 unspecified atom stereocenters. The van der Waals surface area contributed by atoms with Crippen LogP contribution in [0, 0.1) is 0 Å². The van der Waals surface area contributed by atoms with E-state index in [1.165, 1.54) is 6.92 Å². The van der Waals surface area contributed by atoms with E-state index >= 15 is 0 Å². The van der Waals surface area contributed by atoms with Gasteiger partial charge in [0.05, 0.1) is 6.54 Å². The van der Waals surface area contributed by atoms with Crippen LogP contribution in [0.5, 0.6) is 0 Å². The van der Waals surface area contributed by atoms with Crippen LogP contribution in [-0.2, 0) is 27.1 Å². The Morgan fingerprint density at radius 3 is 2.46 bits per heavy atom. The second-order valence-corrected chi connectivity index (χ2v) is 6.18. The molecule has 1 fully saturated rings. The first kappa shape index (κ1) is 23.3. The zero-order chi connectivity index (χ0) is 21.3. The largest absolute Gasteiger partial charge is 0.483 e. The third-order valence-electron chi connectivity index (χ3n) is 4.23. The zero-order valence-electron chi connectivity index (χ0n) is 15.4. The minimum absolute atomic E-state index is 0.0271. The maximum Gasteiger partial charge on any atom is 0.453 e. The van der Waals surface area contributed by atoms with Crippen LogP contribution >= 0.6 is 0 Å². The minimum atomic E-state index is -4.62. The first-order valence-corrected chi connectivity index (χ1v) is 8.37. The summed E-state index contributed by atoms with van der Waals surface area (Å²) in [7, 11) is 1.89. The van der Waals surface area contributed by atoms with Gasteiger partial charge in [-0.05, 0) is 19.9 Å². The quantitative estimate of drug-likeness (QED) is 0.491. The highest BCUT2D eigenvalue weighted by atomic mass is 19.4. The molecule has 1 aromatic rings. The number of hydrogen-bond acceptors (Lipinski definition) is 6. The molecule has 2 amide bonds. The number of likely N-dealkylation sites (tertiary alicyclic amines) is 1. The molecule has 0 aliphatic carbocycles. The summed E-state index contributed by atoms with van der Waals surface area (Å²) in [6.45, 7) is 1.59. The van der Waals surface area contributed by atoms with Crippen LogP contribution < -0.4 is 10.6 Å². The average molecular weight is 408 g/mol. The first-order chi connectivity index (χ1) is 13.1. The molecule has 1 aromatic heterocycles. The van der Waals surface area contributed by atoms with Crippen molar-refractivity contribution in [3.05, 3.63) is 11.6 Å². The average Bonchev–Trinajstić information content (AvgIpc) is 3.20. The third-order valence-corrected chi connectivity index (χ3v) is 4.23. The van der Waals surface area contributed by atoms with Crippen LogP contribution in [-0.4, -0.2) is 69.2 Å². The highest BCUT2D eigenvalue weighted by molar-refractivity contribution is 5.76. The van der Waals surface area contributed by atoms with Crippen LogP contribution in [0.4, 0.5) is 13.2 Å². The van der Waals surface area contributed by atoms with Gasteiger partial charge in [-0.1, -0.05) is 0 Å². The second kappa shape index (κ2) is 10.6. The van der Waals surface area contributed by atoms with Crippen molar-refractivity contribution in [3.63, 3.8) is 0 Å². The predicted molar refractivity (Wildman–Crippen MR) is 89.8 cm³/mol. The summed E-state index contributed by atoms with van der Waals surface area (Å²) in [5.74, 6) is -1.68. The molecule has 2 rings (SSSR count). The monoisotopic (exact) mass is 408 g/mol. The molecular weight excluding hydrogens is 385 g/mol. The molecule has 4 N–H and O–H groups in total. The Bertz CT molecular complexity index is 666. The van der Waals surface area contributed by atoms with E-state index < -0.39 is 12.0 Å². The number of carbonyl (C=O) groups excluding carboxylic acids is 2. The van der Waals surface area contributed by atoms with Crippen LogP contribution in [0.3, 0.4) is 0 Å². The number of H-pyrrole nitrogens is 1. The number of aromatic nitrogens is 3. The van der Waals surface area contributed by atoms with Crippen LogP contribution in [0.1, 0.15) is 37.8 Å². The number of halogens is 3. The van der Waals surface area contributed by atoms with Gasteiger partial charge in [-0.3, -0.25) is 24.4 Å². The Balaban J connectivity index is 0.00000122. The van der Waals surface area contributed by atoms with E-state index in [1.807, 2.05) is 11.9 Å². The molecule has 28 heavy (non-hydrogen) atoms. The fourth-order valence-corrected chi connectivity index (χ4v) is 2.81. The van der Waals surface area contributed by atoms with Crippen LogP contribution in [0.25, 0.3) is 0 Å². The van der Waals surface area contributed by atoms with Crippen molar-refractivity contribution in [2.24, 2.45) is 0 Å². The number of aromatic amines is 1. The van der Waals surface area contributed by atoms with E-state index in [4.69, 9.17) is 9.90 Å². The smallest absolute Gasteiger partial charge is 0.453 e. The van der Waals surface area contributed by atoms with E-state index in [2.05, 4.69) is 25.8 Å². The highest BCUT2D eigenvalue weighted by Crippen LogP contribution is 2.26. The van der Waals surface area contributed by atoms with Crippen molar-refractivity contribution in [3.8, 4) is 0 Å². The standard InChI is InChI=1S/C14H21F3N6O2.CH2O2/c1-8(24)18-6-10-4-3-9(23(10)2)5-12(25)19-7-11-20-13(22-21-11)14(15,16)17;2-1-3/h9-10H,3-7H2,1-2H3,(H,18,24)(H,19,25)(H,20,21,22);1H,(H,2,3)/t9-,10+;/m0./s1. The van der Waals surface area contributed by atoms with E-state index in [-0.39, 0.29) is 49.2 Å². The van der Waals surface area contributed by atoms with Gasteiger partial charge in [-0.25, -0.2) is 4.98 Å². The normalized spacial score (nSPS) is 19.5. The van der Waals surface area contributed by atoms with E-state index in [1.54, 1.807) is 0 Å². The molecule has 1 aliphatic heterocycles. The molecule has 1 saturated heterocycles.